The number of fused-ring (bicyclic) bond motifs is 1. The Balaban J connectivity index is 1.41. The molecule has 1 heterocycles. The van der Waals surface area contributed by atoms with Crippen molar-refractivity contribution in [2.45, 2.75) is 64.1 Å². The van der Waals surface area contributed by atoms with E-state index < -0.39 is 0 Å². The van der Waals surface area contributed by atoms with Gasteiger partial charge >= 0.3 is 0 Å². The molecule has 1 aromatic heterocycles. The molecule has 0 bridgehead atoms. The number of rotatable bonds is 8. The molecule has 4 aromatic rings. The maximum Gasteiger partial charge on any atom is 0.229 e. The molecule has 0 saturated heterocycles. The zero-order valence-electron chi connectivity index (χ0n) is 20.8. The van der Waals surface area contributed by atoms with E-state index in [-0.39, 0.29) is 17.9 Å². The van der Waals surface area contributed by atoms with Gasteiger partial charge in [0.05, 0.1) is 12.1 Å². The van der Waals surface area contributed by atoms with Crippen LogP contribution in [0.1, 0.15) is 69.2 Å². The molecule has 186 valence electrons. The number of hydrogen-bond acceptors (Lipinski definition) is 6. The smallest absolute Gasteiger partial charge is 0.229 e. The van der Waals surface area contributed by atoms with Gasteiger partial charge in [-0.1, -0.05) is 73.9 Å². The van der Waals surface area contributed by atoms with E-state index in [2.05, 4.69) is 70.3 Å². The van der Waals surface area contributed by atoms with Crippen molar-refractivity contribution in [3.8, 4) is 0 Å². The molecule has 3 aromatic carbocycles. The van der Waals surface area contributed by atoms with Crippen LogP contribution in [-0.4, -0.2) is 21.0 Å². The van der Waals surface area contributed by atoms with Gasteiger partial charge in [-0.15, -0.1) is 0 Å². The summed E-state index contributed by atoms with van der Waals surface area (Å²) >= 11 is 0. The lowest BCUT2D eigenvalue weighted by Crippen LogP contribution is -2.24. The van der Waals surface area contributed by atoms with Crippen molar-refractivity contribution in [2.24, 2.45) is 0 Å². The summed E-state index contributed by atoms with van der Waals surface area (Å²) in [6.45, 7) is 4.13. The molecule has 36 heavy (non-hydrogen) atoms. The normalized spacial score (nSPS) is 15.9. The Labute approximate surface area is 211 Å². The second-order valence-electron chi connectivity index (χ2n) is 9.64. The lowest BCUT2D eigenvalue weighted by molar-refractivity contribution is 0.461. The summed E-state index contributed by atoms with van der Waals surface area (Å²) in [6.07, 6.45) is 5.97. The van der Waals surface area contributed by atoms with Gasteiger partial charge in [0, 0.05) is 6.04 Å². The Bertz CT molecular complexity index is 1300. The van der Waals surface area contributed by atoms with Gasteiger partial charge in [0.1, 0.15) is 5.82 Å². The second-order valence-corrected chi connectivity index (χ2v) is 9.64. The van der Waals surface area contributed by atoms with Crippen LogP contribution in [-0.2, 0) is 0 Å². The minimum absolute atomic E-state index is 0.0107. The number of aromatic nitrogens is 3. The van der Waals surface area contributed by atoms with Crippen molar-refractivity contribution in [1.29, 1.82) is 0 Å². The molecule has 0 amide bonds. The van der Waals surface area contributed by atoms with Crippen LogP contribution in [0.5, 0.6) is 0 Å². The molecule has 1 fully saturated rings. The Morgan fingerprint density at radius 2 is 1.36 bits per heavy atom. The summed E-state index contributed by atoms with van der Waals surface area (Å²) in [7, 11) is 0. The van der Waals surface area contributed by atoms with E-state index in [1.807, 2.05) is 6.92 Å². The van der Waals surface area contributed by atoms with Gasteiger partial charge < -0.3 is 16.0 Å². The lowest BCUT2D eigenvalue weighted by Gasteiger charge is -2.24. The summed E-state index contributed by atoms with van der Waals surface area (Å²) < 4.78 is 13.4. The molecule has 0 unspecified atom stereocenters. The molecule has 1 aliphatic carbocycles. The summed E-state index contributed by atoms with van der Waals surface area (Å²) in [5, 5.41) is 12.8. The van der Waals surface area contributed by atoms with Gasteiger partial charge in [0.15, 0.2) is 0 Å². The Kier molecular flexibility index (Phi) is 7.26. The third kappa shape index (κ3) is 5.73. The van der Waals surface area contributed by atoms with E-state index in [0.29, 0.717) is 23.9 Å². The standard InChI is InChI=1S/C29H33FN6/c1-19(21-15-17-23(30)18-16-21)31-27-34-28(36-29(35-27)33-24-11-4-3-5-12-24)32-20(2)25-14-8-10-22-9-6-7-13-26(22)25/h6-10,13-20,24H,3-5,11-12H2,1-2H3,(H3,31,32,33,34,35,36)/t19-,20-/m1/s1. The average molecular weight is 485 g/mol. The van der Waals surface area contributed by atoms with E-state index in [1.54, 1.807) is 12.1 Å². The van der Waals surface area contributed by atoms with Crippen molar-refractivity contribution < 1.29 is 4.39 Å². The predicted octanol–water partition coefficient (Wildman–Crippen LogP) is 7.25. The van der Waals surface area contributed by atoms with E-state index >= 15 is 0 Å². The van der Waals surface area contributed by atoms with E-state index in [9.17, 15) is 4.39 Å². The topological polar surface area (TPSA) is 74.8 Å². The highest BCUT2D eigenvalue weighted by Gasteiger charge is 2.18. The molecule has 0 radical (unpaired) electrons. The number of benzene rings is 3. The number of halogens is 1. The Hall–Kier alpha value is -3.74. The molecule has 5 rings (SSSR count). The van der Waals surface area contributed by atoms with Crippen LogP contribution >= 0.6 is 0 Å². The van der Waals surface area contributed by atoms with Crippen LogP contribution in [0, 0.1) is 5.82 Å². The highest BCUT2D eigenvalue weighted by Crippen LogP contribution is 2.28. The molecule has 2 atom stereocenters. The maximum absolute atomic E-state index is 13.4. The third-order valence-electron chi connectivity index (χ3n) is 6.92. The van der Waals surface area contributed by atoms with Crippen LogP contribution in [0.25, 0.3) is 10.8 Å². The number of anilines is 3. The predicted molar refractivity (Wildman–Crippen MR) is 145 cm³/mol. The second kappa shape index (κ2) is 10.9. The fourth-order valence-corrected chi connectivity index (χ4v) is 4.93. The number of nitrogens with zero attached hydrogens (tertiary/aromatic N) is 3. The zero-order valence-corrected chi connectivity index (χ0v) is 20.8. The Morgan fingerprint density at radius 3 is 2.11 bits per heavy atom. The fraction of sp³-hybridized carbons (Fsp3) is 0.345. The van der Waals surface area contributed by atoms with Crippen molar-refractivity contribution in [1.82, 2.24) is 15.0 Å². The first kappa shape index (κ1) is 24.0. The number of hydrogen-bond donors (Lipinski definition) is 3. The molecule has 0 aliphatic heterocycles. The summed E-state index contributed by atoms with van der Waals surface area (Å²) in [6, 6.07) is 21.5. The monoisotopic (exact) mass is 484 g/mol. The van der Waals surface area contributed by atoms with Crippen LogP contribution in [0.15, 0.2) is 66.7 Å². The van der Waals surface area contributed by atoms with Gasteiger partial charge in [-0.25, -0.2) is 4.39 Å². The van der Waals surface area contributed by atoms with Gasteiger partial charge in [-0.05, 0) is 60.7 Å². The maximum atomic E-state index is 13.4. The van der Waals surface area contributed by atoms with Crippen LogP contribution in [0.2, 0.25) is 0 Å². The minimum Gasteiger partial charge on any atom is -0.351 e. The van der Waals surface area contributed by atoms with E-state index in [0.717, 1.165) is 18.4 Å². The fourth-order valence-electron chi connectivity index (χ4n) is 4.93. The number of nitrogens with one attached hydrogen (secondary N) is 3. The molecule has 3 N–H and O–H groups in total. The van der Waals surface area contributed by atoms with Crippen molar-refractivity contribution in [3.63, 3.8) is 0 Å². The van der Waals surface area contributed by atoms with Crippen molar-refractivity contribution in [2.75, 3.05) is 16.0 Å². The summed E-state index contributed by atoms with van der Waals surface area (Å²) in [5.41, 5.74) is 2.14. The first-order chi connectivity index (χ1) is 17.5. The highest BCUT2D eigenvalue weighted by atomic mass is 19.1. The highest BCUT2D eigenvalue weighted by molar-refractivity contribution is 5.86. The molecular formula is C29H33FN6. The van der Waals surface area contributed by atoms with Gasteiger partial charge in [-0.2, -0.15) is 15.0 Å². The van der Waals surface area contributed by atoms with E-state index in [1.165, 1.54) is 47.7 Å². The van der Waals surface area contributed by atoms with E-state index in [4.69, 9.17) is 9.97 Å². The molecule has 0 spiro atoms. The van der Waals surface area contributed by atoms with Gasteiger partial charge in [-0.3, -0.25) is 0 Å². The van der Waals surface area contributed by atoms with Crippen LogP contribution < -0.4 is 16.0 Å². The minimum atomic E-state index is -0.251. The molecule has 1 aliphatic rings. The van der Waals surface area contributed by atoms with Crippen LogP contribution in [0.4, 0.5) is 22.2 Å². The van der Waals surface area contributed by atoms with Crippen LogP contribution in [0.3, 0.4) is 0 Å². The van der Waals surface area contributed by atoms with Crippen molar-refractivity contribution >= 4 is 28.6 Å². The SMILES string of the molecule is C[C@@H](Nc1nc(NC2CCCCC2)nc(N[C@H](C)c2cccc3ccccc23)n1)c1ccc(F)cc1. The molecule has 6 nitrogen and oxygen atoms in total. The third-order valence-corrected chi connectivity index (χ3v) is 6.92. The summed E-state index contributed by atoms with van der Waals surface area (Å²) in [5.74, 6) is 1.31. The average Bonchev–Trinajstić information content (AvgIpc) is 2.89. The largest absolute Gasteiger partial charge is 0.351 e. The summed E-state index contributed by atoms with van der Waals surface area (Å²) in [4.78, 5) is 14.1. The zero-order chi connectivity index (χ0) is 24.9. The molecule has 7 heteroatoms. The first-order valence-corrected chi connectivity index (χ1v) is 12.8. The molecular weight excluding hydrogens is 451 g/mol. The first-order valence-electron chi connectivity index (χ1n) is 12.8. The van der Waals surface area contributed by atoms with Crippen molar-refractivity contribution in [3.05, 3.63) is 83.7 Å². The van der Waals surface area contributed by atoms with Gasteiger partial charge in [0.2, 0.25) is 17.8 Å². The Morgan fingerprint density at radius 1 is 0.722 bits per heavy atom. The lowest BCUT2D eigenvalue weighted by atomic mass is 9.96. The quantitative estimate of drug-likeness (QED) is 0.244. The van der Waals surface area contributed by atoms with Gasteiger partial charge in [0.25, 0.3) is 0 Å². The molecule has 1 saturated carbocycles.